The normalized spacial score (nSPS) is 12.7. The summed E-state index contributed by atoms with van der Waals surface area (Å²) in [5, 5.41) is 10.8. The standard InChI is InChI=1S/C19H31NO5/c1-6-25-19(3,4)12-7-8-15(2)11-13-24-17-10-9-16(20(21)22)14-18(17)23-5/h9-10,14-15H,6-8,11-13H2,1-5H3. The van der Waals surface area contributed by atoms with Crippen molar-refractivity contribution in [2.24, 2.45) is 5.92 Å². The Labute approximate surface area is 150 Å². The van der Waals surface area contributed by atoms with E-state index in [9.17, 15) is 10.1 Å². The van der Waals surface area contributed by atoms with Gasteiger partial charge in [0.25, 0.3) is 5.69 Å². The van der Waals surface area contributed by atoms with E-state index in [0.29, 0.717) is 24.0 Å². The second-order valence-corrected chi connectivity index (χ2v) is 6.92. The Morgan fingerprint density at radius 3 is 2.56 bits per heavy atom. The van der Waals surface area contributed by atoms with Crippen LogP contribution >= 0.6 is 0 Å². The van der Waals surface area contributed by atoms with Crippen LogP contribution in [0.2, 0.25) is 0 Å². The number of ether oxygens (including phenoxy) is 3. The first-order valence-electron chi connectivity index (χ1n) is 8.88. The van der Waals surface area contributed by atoms with E-state index in [-0.39, 0.29) is 11.3 Å². The quantitative estimate of drug-likeness (QED) is 0.391. The summed E-state index contributed by atoms with van der Waals surface area (Å²) in [5.74, 6) is 1.47. The Kier molecular flexibility index (Phi) is 8.69. The zero-order valence-corrected chi connectivity index (χ0v) is 16.0. The third-order valence-electron chi connectivity index (χ3n) is 4.24. The predicted octanol–water partition coefficient (Wildman–Crippen LogP) is 4.99. The molecular weight excluding hydrogens is 322 g/mol. The van der Waals surface area contributed by atoms with Crippen LogP contribution in [0.25, 0.3) is 0 Å². The predicted molar refractivity (Wildman–Crippen MR) is 98.5 cm³/mol. The van der Waals surface area contributed by atoms with Gasteiger partial charge in [0, 0.05) is 12.7 Å². The minimum atomic E-state index is -0.446. The van der Waals surface area contributed by atoms with Gasteiger partial charge < -0.3 is 14.2 Å². The van der Waals surface area contributed by atoms with E-state index in [4.69, 9.17) is 14.2 Å². The molecule has 0 aliphatic heterocycles. The van der Waals surface area contributed by atoms with E-state index in [1.54, 1.807) is 6.07 Å². The molecule has 0 saturated heterocycles. The molecule has 25 heavy (non-hydrogen) atoms. The Bertz CT molecular complexity index is 545. The minimum Gasteiger partial charge on any atom is -0.493 e. The highest BCUT2D eigenvalue weighted by Crippen LogP contribution is 2.31. The average Bonchev–Trinajstić information content (AvgIpc) is 2.54. The van der Waals surface area contributed by atoms with Crippen LogP contribution in [-0.4, -0.2) is 30.8 Å². The highest BCUT2D eigenvalue weighted by molar-refractivity contribution is 5.48. The Morgan fingerprint density at radius 2 is 1.96 bits per heavy atom. The van der Waals surface area contributed by atoms with Crippen LogP contribution in [0.4, 0.5) is 5.69 Å². The molecule has 6 nitrogen and oxygen atoms in total. The van der Waals surface area contributed by atoms with Crippen LogP contribution in [0.5, 0.6) is 11.5 Å². The van der Waals surface area contributed by atoms with Gasteiger partial charge in [-0.15, -0.1) is 0 Å². The van der Waals surface area contributed by atoms with E-state index in [1.165, 1.54) is 19.2 Å². The van der Waals surface area contributed by atoms with Crippen molar-refractivity contribution < 1.29 is 19.1 Å². The molecule has 0 heterocycles. The molecule has 0 aromatic heterocycles. The molecule has 1 unspecified atom stereocenters. The molecule has 0 saturated carbocycles. The summed E-state index contributed by atoms with van der Waals surface area (Å²) in [6.45, 7) is 9.80. The third-order valence-corrected chi connectivity index (χ3v) is 4.24. The van der Waals surface area contributed by atoms with Crippen LogP contribution in [0.3, 0.4) is 0 Å². The summed E-state index contributed by atoms with van der Waals surface area (Å²) in [6.07, 6.45) is 4.21. The summed E-state index contributed by atoms with van der Waals surface area (Å²) in [4.78, 5) is 10.3. The highest BCUT2D eigenvalue weighted by Gasteiger charge is 2.17. The molecule has 0 fully saturated rings. The lowest BCUT2D eigenvalue weighted by molar-refractivity contribution is -0.385. The van der Waals surface area contributed by atoms with E-state index in [1.807, 2.05) is 6.92 Å². The first kappa shape index (κ1) is 21.2. The molecule has 0 radical (unpaired) electrons. The molecule has 0 N–H and O–H groups in total. The van der Waals surface area contributed by atoms with Gasteiger partial charge in [-0.25, -0.2) is 0 Å². The van der Waals surface area contributed by atoms with E-state index in [2.05, 4.69) is 20.8 Å². The maximum absolute atomic E-state index is 10.8. The van der Waals surface area contributed by atoms with Gasteiger partial charge in [0.15, 0.2) is 11.5 Å². The lowest BCUT2D eigenvalue weighted by atomic mass is 9.95. The molecule has 1 atom stereocenters. The number of nitro groups is 1. The molecule has 0 bridgehead atoms. The Morgan fingerprint density at radius 1 is 1.24 bits per heavy atom. The smallest absolute Gasteiger partial charge is 0.273 e. The van der Waals surface area contributed by atoms with Gasteiger partial charge in [0.2, 0.25) is 0 Å². The number of methoxy groups -OCH3 is 1. The van der Waals surface area contributed by atoms with Gasteiger partial charge >= 0.3 is 0 Å². The van der Waals surface area contributed by atoms with Crippen LogP contribution < -0.4 is 9.47 Å². The summed E-state index contributed by atoms with van der Waals surface area (Å²) in [5.41, 5.74) is -0.0636. The van der Waals surface area contributed by atoms with Crippen molar-refractivity contribution in [3.63, 3.8) is 0 Å². The van der Waals surface area contributed by atoms with Crippen molar-refractivity contribution >= 4 is 5.69 Å². The fourth-order valence-corrected chi connectivity index (χ4v) is 2.74. The van der Waals surface area contributed by atoms with Crippen molar-refractivity contribution in [3.8, 4) is 11.5 Å². The van der Waals surface area contributed by atoms with Gasteiger partial charge in [0.1, 0.15) is 0 Å². The maximum Gasteiger partial charge on any atom is 0.273 e. The first-order valence-corrected chi connectivity index (χ1v) is 8.88. The molecule has 1 aromatic rings. The first-order chi connectivity index (χ1) is 11.8. The molecule has 142 valence electrons. The SMILES string of the molecule is CCOC(C)(C)CCCC(C)CCOc1ccc([N+](=O)[O-])cc1OC. The topological polar surface area (TPSA) is 70.8 Å². The number of nitrogens with zero attached hydrogens (tertiary/aromatic N) is 1. The van der Waals surface area contributed by atoms with Crippen molar-refractivity contribution in [2.75, 3.05) is 20.3 Å². The van der Waals surface area contributed by atoms with Gasteiger partial charge in [-0.1, -0.05) is 19.8 Å². The number of benzene rings is 1. The molecule has 0 amide bonds. The average molecular weight is 353 g/mol. The van der Waals surface area contributed by atoms with Gasteiger partial charge in [0.05, 0.1) is 30.3 Å². The zero-order valence-electron chi connectivity index (χ0n) is 16.0. The fraction of sp³-hybridized carbons (Fsp3) is 0.684. The summed E-state index contributed by atoms with van der Waals surface area (Å²) in [7, 11) is 1.48. The number of nitro benzene ring substituents is 1. The second kappa shape index (κ2) is 10.2. The van der Waals surface area contributed by atoms with Crippen molar-refractivity contribution in [2.45, 2.75) is 59.0 Å². The number of hydrogen-bond acceptors (Lipinski definition) is 5. The summed E-state index contributed by atoms with van der Waals surface area (Å²) < 4.78 is 16.6. The summed E-state index contributed by atoms with van der Waals surface area (Å²) >= 11 is 0. The molecule has 0 spiro atoms. The Hall–Kier alpha value is -1.82. The molecular formula is C19H31NO5. The van der Waals surface area contributed by atoms with Gasteiger partial charge in [-0.2, -0.15) is 0 Å². The molecule has 6 heteroatoms. The monoisotopic (exact) mass is 353 g/mol. The number of non-ortho nitro benzene ring substituents is 1. The van der Waals surface area contributed by atoms with E-state index in [0.717, 1.165) is 32.3 Å². The molecule has 0 aliphatic rings. The van der Waals surface area contributed by atoms with Gasteiger partial charge in [-0.05, 0) is 45.6 Å². The van der Waals surface area contributed by atoms with E-state index >= 15 is 0 Å². The lowest BCUT2D eigenvalue weighted by Gasteiger charge is -2.25. The number of rotatable bonds is 12. The van der Waals surface area contributed by atoms with Crippen molar-refractivity contribution in [1.29, 1.82) is 0 Å². The fourth-order valence-electron chi connectivity index (χ4n) is 2.74. The molecule has 0 aliphatic carbocycles. The molecule has 1 aromatic carbocycles. The van der Waals surface area contributed by atoms with Crippen LogP contribution in [0.15, 0.2) is 18.2 Å². The van der Waals surface area contributed by atoms with Crippen molar-refractivity contribution in [3.05, 3.63) is 28.3 Å². The highest BCUT2D eigenvalue weighted by atomic mass is 16.6. The largest absolute Gasteiger partial charge is 0.493 e. The third kappa shape index (κ3) is 7.73. The van der Waals surface area contributed by atoms with E-state index < -0.39 is 4.92 Å². The van der Waals surface area contributed by atoms with Crippen LogP contribution in [0, 0.1) is 16.0 Å². The van der Waals surface area contributed by atoms with Gasteiger partial charge in [-0.3, -0.25) is 10.1 Å². The van der Waals surface area contributed by atoms with Crippen LogP contribution in [-0.2, 0) is 4.74 Å². The van der Waals surface area contributed by atoms with Crippen molar-refractivity contribution in [1.82, 2.24) is 0 Å². The molecule has 1 rings (SSSR count). The zero-order chi connectivity index (χ0) is 18.9. The maximum atomic E-state index is 10.8. The summed E-state index contributed by atoms with van der Waals surface area (Å²) in [6, 6.07) is 4.40. The lowest BCUT2D eigenvalue weighted by Crippen LogP contribution is -2.24. The second-order valence-electron chi connectivity index (χ2n) is 6.92. The minimum absolute atomic E-state index is 0.00511. The Balaban J connectivity index is 2.38. The number of hydrogen-bond donors (Lipinski definition) is 0. The van der Waals surface area contributed by atoms with Crippen LogP contribution in [0.1, 0.15) is 53.4 Å².